The number of hydrogen-bond acceptors (Lipinski definition) is 4. The van der Waals surface area contributed by atoms with E-state index < -0.39 is 12.0 Å². The summed E-state index contributed by atoms with van der Waals surface area (Å²) in [6, 6.07) is 3.20. The van der Waals surface area contributed by atoms with E-state index in [1.807, 2.05) is 17.5 Å². The first-order valence-electron chi connectivity index (χ1n) is 7.29. The highest BCUT2D eigenvalue weighted by Crippen LogP contribution is 2.18. The molecule has 0 bridgehead atoms. The van der Waals surface area contributed by atoms with Gasteiger partial charge >= 0.3 is 5.97 Å². The number of amides is 1. The summed E-state index contributed by atoms with van der Waals surface area (Å²) in [6.45, 7) is 1.09. The van der Waals surface area contributed by atoms with E-state index in [1.165, 1.54) is 4.88 Å². The number of aliphatic carboxylic acids is 1. The summed E-state index contributed by atoms with van der Waals surface area (Å²) < 4.78 is 5.31. The Balaban J connectivity index is 1.76. The van der Waals surface area contributed by atoms with Crippen molar-refractivity contribution >= 4 is 23.2 Å². The lowest BCUT2D eigenvalue weighted by molar-refractivity contribution is -0.145. The van der Waals surface area contributed by atoms with E-state index in [1.54, 1.807) is 11.3 Å². The summed E-state index contributed by atoms with van der Waals surface area (Å²) >= 11 is 1.67. The lowest BCUT2D eigenvalue weighted by Gasteiger charge is -2.28. The van der Waals surface area contributed by atoms with Crippen LogP contribution >= 0.6 is 11.3 Å². The number of carboxylic acid groups (broad SMARTS) is 1. The molecule has 2 unspecified atom stereocenters. The summed E-state index contributed by atoms with van der Waals surface area (Å²) in [4.78, 5) is 24.5. The minimum absolute atomic E-state index is 0.127. The Morgan fingerprint density at radius 2 is 2.38 bits per heavy atom. The van der Waals surface area contributed by atoms with Gasteiger partial charge in [0, 0.05) is 23.8 Å². The Bertz CT molecular complexity index is 454. The highest BCUT2D eigenvalue weighted by molar-refractivity contribution is 7.09. The minimum atomic E-state index is -0.975. The van der Waals surface area contributed by atoms with E-state index in [-0.39, 0.29) is 11.8 Å². The lowest BCUT2D eigenvalue weighted by atomic mass is 9.93. The quantitative estimate of drug-likeness (QED) is 0.808. The van der Waals surface area contributed by atoms with Gasteiger partial charge in [0.05, 0.1) is 6.61 Å². The standard InChI is InChI=1S/C15H21NO4S/c17-13(7-1-5-12-6-3-9-21-12)16-14(15(18)19)11-4-2-8-20-10-11/h3,6,9,11,14H,1-2,4-5,7-8,10H2,(H,16,17)(H,18,19). The molecule has 1 saturated heterocycles. The molecular formula is C15H21NO4S. The zero-order valence-corrected chi connectivity index (χ0v) is 12.7. The number of rotatable bonds is 7. The van der Waals surface area contributed by atoms with Crippen LogP contribution in [0.3, 0.4) is 0 Å². The topological polar surface area (TPSA) is 75.6 Å². The summed E-state index contributed by atoms with van der Waals surface area (Å²) in [5, 5.41) is 13.9. The van der Waals surface area contributed by atoms with Crippen LogP contribution in [0.15, 0.2) is 17.5 Å². The molecule has 0 aromatic carbocycles. The third-order valence-corrected chi connectivity index (χ3v) is 4.59. The number of ether oxygens (including phenoxy) is 1. The fourth-order valence-corrected chi connectivity index (χ4v) is 3.28. The van der Waals surface area contributed by atoms with Crippen molar-refractivity contribution in [3.8, 4) is 0 Å². The van der Waals surface area contributed by atoms with Gasteiger partial charge in [-0.3, -0.25) is 4.79 Å². The summed E-state index contributed by atoms with van der Waals surface area (Å²) in [5.41, 5.74) is 0. The molecule has 2 heterocycles. The van der Waals surface area contributed by atoms with E-state index in [0.717, 1.165) is 25.7 Å². The number of thiophene rings is 1. The first-order valence-corrected chi connectivity index (χ1v) is 8.17. The number of nitrogens with one attached hydrogen (secondary N) is 1. The molecule has 1 aliphatic heterocycles. The third kappa shape index (κ3) is 5.13. The van der Waals surface area contributed by atoms with Gasteiger partial charge in [0.1, 0.15) is 6.04 Å². The van der Waals surface area contributed by atoms with Crippen LogP contribution in [0.25, 0.3) is 0 Å². The Labute approximate surface area is 128 Å². The van der Waals surface area contributed by atoms with Crippen molar-refractivity contribution in [1.82, 2.24) is 5.32 Å². The van der Waals surface area contributed by atoms with Crippen LogP contribution in [0.2, 0.25) is 0 Å². The number of carbonyl (C=O) groups is 2. The van der Waals surface area contributed by atoms with E-state index >= 15 is 0 Å². The summed E-state index contributed by atoms with van der Waals surface area (Å²) in [5.74, 6) is -1.29. The summed E-state index contributed by atoms with van der Waals surface area (Å²) in [7, 11) is 0. The number of aryl methyl sites for hydroxylation is 1. The molecule has 116 valence electrons. The van der Waals surface area contributed by atoms with Crippen LogP contribution in [-0.2, 0) is 20.7 Å². The average molecular weight is 311 g/mol. The first-order chi connectivity index (χ1) is 10.2. The molecule has 6 heteroatoms. The minimum Gasteiger partial charge on any atom is -0.480 e. The first kappa shape index (κ1) is 16.0. The van der Waals surface area contributed by atoms with Gasteiger partial charge in [-0.15, -0.1) is 11.3 Å². The molecular weight excluding hydrogens is 290 g/mol. The molecule has 0 saturated carbocycles. The zero-order valence-electron chi connectivity index (χ0n) is 11.9. The molecule has 2 atom stereocenters. The van der Waals surface area contributed by atoms with Crippen molar-refractivity contribution in [3.05, 3.63) is 22.4 Å². The zero-order chi connectivity index (χ0) is 15.1. The maximum absolute atomic E-state index is 11.9. The van der Waals surface area contributed by atoms with Gasteiger partial charge < -0.3 is 15.2 Å². The highest BCUT2D eigenvalue weighted by Gasteiger charge is 2.31. The van der Waals surface area contributed by atoms with Crippen LogP contribution in [0.5, 0.6) is 0 Å². The van der Waals surface area contributed by atoms with E-state index in [2.05, 4.69) is 5.32 Å². The van der Waals surface area contributed by atoms with Crippen LogP contribution in [0, 0.1) is 5.92 Å². The predicted octanol–water partition coefficient (Wildman–Crippen LogP) is 2.07. The van der Waals surface area contributed by atoms with Crippen LogP contribution in [0.4, 0.5) is 0 Å². The van der Waals surface area contributed by atoms with E-state index in [0.29, 0.717) is 19.6 Å². The molecule has 2 rings (SSSR count). The van der Waals surface area contributed by atoms with Crippen LogP contribution in [-0.4, -0.2) is 36.2 Å². The van der Waals surface area contributed by atoms with Gasteiger partial charge in [-0.2, -0.15) is 0 Å². The predicted molar refractivity (Wildman–Crippen MR) is 80.4 cm³/mol. The Hall–Kier alpha value is -1.40. The SMILES string of the molecule is O=C(CCCc1cccs1)NC(C(=O)O)C1CCCOC1. The molecule has 1 fully saturated rings. The van der Waals surface area contributed by atoms with Gasteiger partial charge in [0.25, 0.3) is 0 Å². The Morgan fingerprint density at radius 1 is 1.52 bits per heavy atom. The molecule has 1 aliphatic rings. The van der Waals surface area contributed by atoms with E-state index in [9.17, 15) is 14.7 Å². The van der Waals surface area contributed by atoms with Gasteiger partial charge in [-0.1, -0.05) is 6.07 Å². The maximum Gasteiger partial charge on any atom is 0.326 e. The molecule has 1 aromatic rings. The normalized spacial score (nSPS) is 19.9. The lowest BCUT2D eigenvalue weighted by Crippen LogP contribution is -2.48. The number of carbonyl (C=O) groups excluding carboxylic acids is 1. The summed E-state index contributed by atoms with van der Waals surface area (Å²) in [6.07, 6.45) is 3.58. The van der Waals surface area contributed by atoms with Crippen molar-refractivity contribution in [1.29, 1.82) is 0 Å². The molecule has 0 radical (unpaired) electrons. The molecule has 2 N–H and O–H groups in total. The molecule has 5 nitrogen and oxygen atoms in total. The molecule has 1 aromatic heterocycles. The highest BCUT2D eigenvalue weighted by atomic mass is 32.1. The second-order valence-corrected chi connectivity index (χ2v) is 6.33. The van der Waals surface area contributed by atoms with Crippen molar-refractivity contribution in [2.75, 3.05) is 13.2 Å². The monoisotopic (exact) mass is 311 g/mol. The molecule has 0 aliphatic carbocycles. The third-order valence-electron chi connectivity index (χ3n) is 3.66. The van der Waals surface area contributed by atoms with Gasteiger partial charge in [-0.25, -0.2) is 4.79 Å². The second-order valence-electron chi connectivity index (χ2n) is 5.29. The fraction of sp³-hybridized carbons (Fsp3) is 0.600. The molecule has 0 spiro atoms. The second kappa shape index (κ2) is 8.14. The van der Waals surface area contributed by atoms with E-state index in [4.69, 9.17) is 4.74 Å². The Kier molecular flexibility index (Phi) is 6.20. The smallest absolute Gasteiger partial charge is 0.326 e. The van der Waals surface area contributed by atoms with Crippen LogP contribution < -0.4 is 5.32 Å². The van der Waals surface area contributed by atoms with Crippen molar-refractivity contribution in [3.63, 3.8) is 0 Å². The van der Waals surface area contributed by atoms with Gasteiger partial charge in [-0.05, 0) is 37.1 Å². The maximum atomic E-state index is 11.9. The van der Waals surface area contributed by atoms with Crippen molar-refractivity contribution in [2.45, 2.75) is 38.1 Å². The van der Waals surface area contributed by atoms with Gasteiger partial charge in [0.2, 0.25) is 5.91 Å². The largest absolute Gasteiger partial charge is 0.480 e. The van der Waals surface area contributed by atoms with Crippen LogP contribution in [0.1, 0.15) is 30.6 Å². The van der Waals surface area contributed by atoms with Gasteiger partial charge in [0.15, 0.2) is 0 Å². The molecule has 1 amide bonds. The van der Waals surface area contributed by atoms with Crippen molar-refractivity contribution < 1.29 is 19.4 Å². The Morgan fingerprint density at radius 3 is 3.00 bits per heavy atom. The molecule has 21 heavy (non-hydrogen) atoms. The average Bonchev–Trinajstić information content (AvgIpc) is 2.98. The fourth-order valence-electron chi connectivity index (χ4n) is 2.53. The van der Waals surface area contributed by atoms with Crippen molar-refractivity contribution in [2.24, 2.45) is 5.92 Å². The number of hydrogen-bond donors (Lipinski definition) is 2. The number of carboxylic acids is 1.